The Bertz CT molecular complexity index is 584. The van der Waals surface area contributed by atoms with E-state index in [1.165, 1.54) is 37.9 Å². The van der Waals surface area contributed by atoms with Gasteiger partial charge in [-0.25, -0.2) is 0 Å². The molecule has 0 aromatic heterocycles. The van der Waals surface area contributed by atoms with Gasteiger partial charge in [-0.05, 0) is 57.7 Å². The molecule has 2 atom stereocenters. The van der Waals surface area contributed by atoms with Crippen molar-refractivity contribution in [3.05, 3.63) is 35.9 Å². The third-order valence-corrected chi connectivity index (χ3v) is 5.62. The molecule has 2 heterocycles. The lowest BCUT2D eigenvalue weighted by Gasteiger charge is -2.27. The Kier molecular flexibility index (Phi) is 9.76. The zero-order valence-electron chi connectivity index (χ0n) is 17.9. The minimum atomic E-state index is 0.308. The highest BCUT2D eigenvalue weighted by Gasteiger charge is 2.23. The van der Waals surface area contributed by atoms with Gasteiger partial charge in [-0.3, -0.25) is 9.89 Å². The maximum absolute atomic E-state index is 5.75. The number of hydrogen-bond acceptors (Lipinski definition) is 4. The molecule has 0 spiro atoms. The summed E-state index contributed by atoms with van der Waals surface area (Å²) in [5.41, 5.74) is 1.36. The summed E-state index contributed by atoms with van der Waals surface area (Å²) in [5, 5.41) is 6.83. The second kappa shape index (κ2) is 12.8. The van der Waals surface area contributed by atoms with Gasteiger partial charge >= 0.3 is 0 Å². The smallest absolute Gasteiger partial charge is 0.191 e. The van der Waals surface area contributed by atoms with Crippen LogP contribution in [-0.4, -0.2) is 69.5 Å². The maximum Gasteiger partial charge on any atom is 0.191 e. The quantitative estimate of drug-likeness (QED) is 0.339. The average molecular weight is 403 g/mol. The van der Waals surface area contributed by atoms with Crippen LogP contribution in [0.25, 0.3) is 0 Å². The van der Waals surface area contributed by atoms with Gasteiger partial charge in [0.1, 0.15) is 0 Å². The summed E-state index contributed by atoms with van der Waals surface area (Å²) >= 11 is 0. The number of likely N-dealkylation sites (tertiary alicyclic amines) is 1. The summed E-state index contributed by atoms with van der Waals surface area (Å²) in [5.74, 6) is 0.895. The van der Waals surface area contributed by atoms with Gasteiger partial charge < -0.3 is 20.1 Å². The summed E-state index contributed by atoms with van der Waals surface area (Å²) < 4.78 is 11.3. The second-order valence-corrected chi connectivity index (χ2v) is 7.88. The van der Waals surface area contributed by atoms with Crippen molar-refractivity contribution >= 4 is 5.96 Å². The van der Waals surface area contributed by atoms with E-state index < -0.39 is 0 Å². The van der Waals surface area contributed by atoms with Crippen LogP contribution in [0.3, 0.4) is 0 Å². The number of aliphatic imine (C=N–C) groups is 1. The van der Waals surface area contributed by atoms with Gasteiger partial charge in [-0.1, -0.05) is 30.3 Å². The van der Waals surface area contributed by atoms with Crippen molar-refractivity contribution in [2.45, 2.75) is 51.2 Å². The highest BCUT2D eigenvalue weighted by molar-refractivity contribution is 5.79. The van der Waals surface area contributed by atoms with Crippen LogP contribution in [0.5, 0.6) is 0 Å². The fourth-order valence-electron chi connectivity index (χ4n) is 4.05. The van der Waals surface area contributed by atoms with E-state index in [4.69, 9.17) is 14.5 Å². The van der Waals surface area contributed by atoms with Crippen LogP contribution in [-0.2, 0) is 9.47 Å². The first-order chi connectivity index (χ1) is 14.4. The Hall–Kier alpha value is -1.63. The van der Waals surface area contributed by atoms with E-state index in [0.717, 1.165) is 58.3 Å². The van der Waals surface area contributed by atoms with Crippen molar-refractivity contribution in [1.29, 1.82) is 0 Å². The van der Waals surface area contributed by atoms with Crippen molar-refractivity contribution < 1.29 is 9.47 Å². The predicted octanol–water partition coefficient (Wildman–Crippen LogP) is 2.96. The molecule has 29 heavy (non-hydrogen) atoms. The molecule has 3 rings (SSSR count). The monoisotopic (exact) mass is 402 g/mol. The van der Waals surface area contributed by atoms with Crippen LogP contribution in [0.15, 0.2) is 35.3 Å². The first-order valence-electron chi connectivity index (χ1n) is 11.4. The Morgan fingerprint density at radius 3 is 2.76 bits per heavy atom. The lowest BCUT2D eigenvalue weighted by atomic mass is 10.1. The molecule has 6 heteroatoms. The van der Waals surface area contributed by atoms with E-state index in [0.29, 0.717) is 12.1 Å². The number of nitrogens with zero attached hydrogens (tertiary/aromatic N) is 2. The topological polar surface area (TPSA) is 58.1 Å². The summed E-state index contributed by atoms with van der Waals surface area (Å²) in [7, 11) is 0. The molecule has 0 aliphatic carbocycles. The lowest BCUT2D eigenvalue weighted by Crippen LogP contribution is -2.39. The first kappa shape index (κ1) is 22.1. The third kappa shape index (κ3) is 7.61. The molecule has 2 aliphatic rings. The first-order valence-corrected chi connectivity index (χ1v) is 11.4. The fraction of sp³-hybridized carbons (Fsp3) is 0.696. The van der Waals surface area contributed by atoms with Crippen LogP contribution < -0.4 is 10.6 Å². The number of hydrogen-bond donors (Lipinski definition) is 2. The molecule has 0 amide bonds. The number of benzene rings is 1. The van der Waals surface area contributed by atoms with E-state index in [1.807, 2.05) is 0 Å². The Morgan fingerprint density at radius 1 is 1.21 bits per heavy atom. The van der Waals surface area contributed by atoms with Gasteiger partial charge in [0.05, 0.1) is 25.3 Å². The van der Waals surface area contributed by atoms with Gasteiger partial charge in [-0.15, -0.1) is 0 Å². The third-order valence-electron chi connectivity index (χ3n) is 5.62. The zero-order valence-corrected chi connectivity index (χ0v) is 17.9. The number of guanidine groups is 1. The molecule has 2 aliphatic heterocycles. The average Bonchev–Trinajstić information content (AvgIpc) is 3.46. The molecular weight excluding hydrogens is 364 g/mol. The number of nitrogens with one attached hydrogen (secondary N) is 2. The predicted molar refractivity (Wildman–Crippen MR) is 118 cm³/mol. The summed E-state index contributed by atoms with van der Waals surface area (Å²) in [6.45, 7) is 9.31. The fourth-order valence-corrected chi connectivity index (χ4v) is 4.05. The minimum absolute atomic E-state index is 0.308. The van der Waals surface area contributed by atoms with Crippen molar-refractivity contribution in [3.63, 3.8) is 0 Å². The molecule has 2 unspecified atom stereocenters. The zero-order chi connectivity index (χ0) is 20.2. The van der Waals surface area contributed by atoms with Crippen LogP contribution in [0.2, 0.25) is 0 Å². The van der Waals surface area contributed by atoms with Crippen molar-refractivity contribution in [3.8, 4) is 0 Å². The molecule has 0 saturated carbocycles. The summed E-state index contributed by atoms with van der Waals surface area (Å²) in [4.78, 5) is 7.48. The summed E-state index contributed by atoms with van der Waals surface area (Å²) in [6, 6.07) is 11.1. The van der Waals surface area contributed by atoms with Gasteiger partial charge in [0, 0.05) is 26.3 Å². The highest BCUT2D eigenvalue weighted by atomic mass is 16.5. The summed E-state index contributed by atoms with van der Waals surface area (Å²) in [6.07, 6.45) is 6.15. The molecule has 6 nitrogen and oxygen atoms in total. The molecule has 2 fully saturated rings. The molecule has 1 aromatic carbocycles. The number of rotatable bonds is 11. The van der Waals surface area contributed by atoms with Crippen molar-refractivity contribution in [1.82, 2.24) is 15.5 Å². The molecular formula is C23H38N4O2. The van der Waals surface area contributed by atoms with Crippen molar-refractivity contribution in [2.24, 2.45) is 4.99 Å². The lowest BCUT2D eigenvalue weighted by molar-refractivity contribution is 0.0168. The molecule has 1 aromatic rings. The van der Waals surface area contributed by atoms with Crippen molar-refractivity contribution in [2.75, 3.05) is 52.5 Å². The Labute approximate surface area is 176 Å². The normalized spacial score (nSPS) is 21.4. The van der Waals surface area contributed by atoms with Gasteiger partial charge in [0.2, 0.25) is 0 Å². The van der Waals surface area contributed by atoms with E-state index in [2.05, 4.69) is 52.8 Å². The molecule has 0 radical (unpaired) electrons. The van der Waals surface area contributed by atoms with Gasteiger partial charge in [0.15, 0.2) is 5.96 Å². The molecule has 0 bridgehead atoms. The van der Waals surface area contributed by atoms with E-state index in [9.17, 15) is 0 Å². The van der Waals surface area contributed by atoms with E-state index in [-0.39, 0.29) is 0 Å². The van der Waals surface area contributed by atoms with Crippen LogP contribution in [0.1, 0.15) is 50.6 Å². The Balaban J connectivity index is 1.44. The molecule has 162 valence electrons. The largest absolute Gasteiger partial charge is 0.379 e. The molecule has 2 N–H and O–H groups in total. The standard InChI is InChI=1S/C23H38N4O2/c1-2-24-23(25-13-9-16-28-19-21-12-8-17-29-21)26-18-22(27-14-6-7-15-27)20-10-4-3-5-11-20/h3-5,10-11,21-22H,2,6-9,12-19H2,1H3,(H2,24,25,26). The molecule has 2 saturated heterocycles. The van der Waals surface area contributed by atoms with Crippen LogP contribution in [0, 0.1) is 0 Å². The van der Waals surface area contributed by atoms with E-state index in [1.54, 1.807) is 0 Å². The highest BCUT2D eigenvalue weighted by Crippen LogP contribution is 2.25. The van der Waals surface area contributed by atoms with Gasteiger partial charge in [-0.2, -0.15) is 0 Å². The van der Waals surface area contributed by atoms with Crippen LogP contribution in [0.4, 0.5) is 0 Å². The second-order valence-electron chi connectivity index (χ2n) is 7.88. The van der Waals surface area contributed by atoms with Gasteiger partial charge in [0.25, 0.3) is 0 Å². The van der Waals surface area contributed by atoms with E-state index >= 15 is 0 Å². The number of ether oxygens (including phenoxy) is 2. The minimum Gasteiger partial charge on any atom is -0.379 e. The SMILES string of the molecule is CCNC(=NCC(c1ccccc1)N1CCCC1)NCCCOCC1CCCO1. The maximum atomic E-state index is 5.75. The Morgan fingerprint density at radius 2 is 2.03 bits per heavy atom. The van der Waals surface area contributed by atoms with Crippen LogP contribution >= 0.6 is 0 Å².